The summed E-state index contributed by atoms with van der Waals surface area (Å²) in [7, 11) is 0. The molecule has 0 aromatic carbocycles. The third kappa shape index (κ3) is 3.64. The maximum Gasteiger partial charge on any atom is 0.244 e. The van der Waals surface area contributed by atoms with Crippen LogP contribution in [0.1, 0.15) is 24.1 Å². The molecule has 2 aromatic rings. The average Bonchev–Trinajstić information content (AvgIpc) is 2.85. The summed E-state index contributed by atoms with van der Waals surface area (Å²) in [6.07, 6.45) is 7.95. The Morgan fingerprint density at radius 3 is 2.95 bits per heavy atom. The Balaban J connectivity index is 1.81. The van der Waals surface area contributed by atoms with Gasteiger partial charge in [-0.15, -0.1) is 0 Å². The van der Waals surface area contributed by atoms with Crippen LogP contribution in [0.5, 0.6) is 0 Å². The number of carbonyl (C=O) groups excluding carboxylic acids is 1. The predicted molar refractivity (Wildman–Crippen MR) is 72.6 cm³/mol. The van der Waals surface area contributed by atoms with E-state index in [4.69, 9.17) is 0 Å². The van der Waals surface area contributed by atoms with Crippen LogP contribution in [-0.2, 0) is 11.2 Å². The minimum absolute atomic E-state index is 0.0213. The Kier molecular flexibility index (Phi) is 4.28. The standard InChI is InChI=1S/C14H18N4O/c1-11-8-17-18(10-11)12(2)14(19)16-7-5-13-4-3-6-15-9-13/h3-4,6,8-10,12H,5,7H2,1-2H3,(H,16,19)/t12-/m0/s1. The number of pyridine rings is 1. The van der Waals surface area contributed by atoms with Crippen molar-refractivity contribution in [3.63, 3.8) is 0 Å². The highest BCUT2D eigenvalue weighted by Gasteiger charge is 2.14. The summed E-state index contributed by atoms with van der Waals surface area (Å²) in [4.78, 5) is 16.0. The molecule has 100 valence electrons. The molecular formula is C14H18N4O. The molecule has 2 aromatic heterocycles. The van der Waals surface area contributed by atoms with E-state index in [1.165, 1.54) is 0 Å². The highest BCUT2D eigenvalue weighted by molar-refractivity contribution is 5.79. The van der Waals surface area contributed by atoms with Crippen molar-refractivity contribution < 1.29 is 4.79 Å². The Hall–Kier alpha value is -2.17. The molecule has 2 rings (SSSR count). The Morgan fingerprint density at radius 1 is 1.47 bits per heavy atom. The van der Waals surface area contributed by atoms with Crippen LogP contribution in [0.3, 0.4) is 0 Å². The van der Waals surface area contributed by atoms with Crippen LogP contribution < -0.4 is 5.32 Å². The maximum atomic E-state index is 12.0. The van der Waals surface area contributed by atoms with Crippen molar-refractivity contribution in [2.45, 2.75) is 26.3 Å². The Labute approximate surface area is 112 Å². The van der Waals surface area contributed by atoms with Crippen molar-refractivity contribution in [3.8, 4) is 0 Å². The van der Waals surface area contributed by atoms with Gasteiger partial charge in [0.1, 0.15) is 6.04 Å². The van der Waals surface area contributed by atoms with Gasteiger partial charge in [-0.3, -0.25) is 14.5 Å². The number of hydrogen-bond acceptors (Lipinski definition) is 3. The molecule has 2 heterocycles. The van der Waals surface area contributed by atoms with Gasteiger partial charge in [0.2, 0.25) is 5.91 Å². The molecule has 1 amide bonds. The number of amides is 1. The van der Waals surface area contributed by atoms with Crippen LogP contribution in [0.15, 0.2) is 36.9 Å². The summed E-state index contributed by atoms with van der Waals surface area (Å²) in [6, 6.07) is 3.61. The predicted octanol–water partition coefficient (Wildman–Crippen LogP) is 1.51. The van der Waals surface area contributed by atoms with Crippen LogP contribution in [0.25, 0.3) is 0 Å². The lowest BCUT2D eigenvalue weighted by Gasteiger charge is -2.12. The van der Waals surface area contributed by atoms with Gasteiger partial charge in [-0.2, -0.15) is 5.10 Å². The quantitative estimate of drug-likeness (QED) is 0.884. The molecule has 0 aliphatic carbocycles. The molecule has 0 aliphatic heterocycles. The van der Waals surface area contributed by atoms with Crippen molar-refractivity contribution >= 4 is 5.91 Å². The fourth-order valence-corrected chi connectivity index (χ4v) is 1.79. The lowest BCUT2D eigenvalue weighted by atomic mass is 10.2. The van der Waals surface area contributed by atoms with Gasteiger partial charge in [0, 0.05) is 25.1 Å². The van der Waals surface area contributed by atoms with Crippen LogP contribution in [0.2, 0.25) is 0 Å². The summed E-state index contributed by atoms with van der Waals surface area (Å²) in [5.74, 6) is -0.0213. The number of carbonyl (C=O) groups is 1. The van der Waals surface area contributed by atoms with Crippen molar-refractivity contribution in [1.82, 2.24) is 20.1 Å². The lowest BCUT2D eigenvalue weighted by Crippen LogP contribution is -2.32. The number of aryl methyl sites for hydroxylation is 1. The van der Waals surface area contributed by atoms with Gasteiger partial charge in [-0.05, 0) is 37.5 Å². The monoisotopic (exact) mass is 258 g/mol. The van der Waals surface area contributed by atoms with Gasteiger partial charge in [-0.1, -0.05) is 6.07 Å². The molecule has 1 N–H and O–H groups in total. The van der Waals surface area contributed by atoms with Crippen LogP contribution in [0, 0.1) is 6.92 Å². The zero-order valence-corrected chi connectivity index (χ0v) is 11.2. The van der Waals surface area contributed by atoms with E-state index in [1.807, 2.05) is 38.4 Å². The largest absolute Gasteiger partial charge is 0.354 e. The van der Waals surface area contributed by atoms with Crippen molar-refractivity contribution in [2.75, 3.05) is 6.54 Å². The molecule has 0 spiro atoms. The summed E-state index contributed by atoms with van der Waals surface area (Å²) < 4.78 is 1.68. The molecule has 0 unspecified atom stereocenters. The first-order valence-corrected chi connectivity index (χ1v) is 6.34. The number of rotatable bonds is 5. The molecule has 19 heavy (non-hydrogen) atoms. The first-order chi connectivity index (χ1) is 9.16. The van der Waals surface area contributed by atoms with Gasteiger partial charge in [0.25, 0.3) is 0 Å². The fourth-order valence-electron chi connectivity index (χ4n) is 1.79. The normalized spacial score (nSPS) is 12.1. The molecule has 1 atom stereocenters. The molecule has 0 aliphatic rings. The van der Waals surface area contributed by atoms with E-state index in [0.717, 1.165) is 17.5 Å². The molecule has 0 saturated heterocycles. The van der Waals surface area contributed by atoms with E-state index in [-0.39, 0.29) is 11.9 Å². The maximum absolute atomic E-state index is 12.0. The summed E-state index contributed by atoms with van der Waals surface area (Å²) in [5.41, 5.74) is 2.17. The SMILES string of the molecule is Cc1cnn([C@@H](C)C(=O)NCCc2cccnc2)c1. The number of aromatic nitrogens is 3. The highest BCUT2D eigenvalue weighted by atomic mass is 16.2. The molecule has 5 heteroatoms. The summed E-state index contributed by atoms with van der Waals surface area (Å²) >= 11 is 0. The zero-order valence-electron chi connectivity index (χ0n) is 11.2. The number of hydrogen-bond donors (Lipinski definition) is 1. The van der Waals surface area contributed by atoms with E-state index in [2.05, 4.69) is 15.4 Å². The van der Waals surface area contributed by atoms with Gasteiger partial charge < -0.3 is 5.32 Å². The third-order valence-corrected chi connectivity index (χ3v) is 2.94. The van der Waals surface area contributed by atoms with E-state index in [0.29, 0.717) is 6.54 Å². The fraction of sp³-hybridized carbons (Fsp3) is 0.357. The smallest absolute Gasteiger partial charge is 0.244 e. The van der Waals surface area contributed by atoms with Crippen molar-refractivity contribution in [3.05, 3.63) is 48.0 Å². The first-order valence-electron chi connectivity index (χ1n) is 6.34. The van der Waals surface area contributed by atoms with E-state index < -0.39 is 0 Å². The van der Waals surface area contributed by atoms with Gasteiger partial charge in [-0.25, -0.2) is 0 Å². The van der Waals surface area contributed by atoms with Crippen LogP contribution >= 0.6 is 0 Å². The van der Waals surface area contributed by atoms with Crippen molar-refractivity contribution in [2.24, 2.45) is 0 Å². The van der Waals surface area contributed by atoms with Crippen LogP contribution in [-0.4, -0.2) is 27.2 Å². The Bertz CT molecular complexity index is 535. The van der Waals surface area contributed by atoms with E-state index in [1.54, 1.807) is 17.1 Å². The highest BCUT2D eigenvalue weighted by Crippen LogP contribution is 2.06. The number of nitrogens with zero attached hydrogens (tertiary/aromatic N) is 3. The third-order valence-electron chi connectivity index (χ3n) is 2.94. The minimum atomic E-state index is -0.289. The molecule has 5 nitrogen and oxygen atoms in total. The Morgan fingerprint density at radius 2 is 2.32 bits per heavy atom. The van der Waals surface area contributed by atoms with Crippen LogP contribution in [0.4, 0.5) is 0 Å². The first kappa shape index (κ1) is 13.3. The molecular weight excluding hydrogens is 240 g/mol. The minimum Gasteiger partial charge on any atom is -0.354 e. The zero-order chi connectivity index (χ0) is 13.7. The van der Waals surface area contributed by atoms with Gasteiger partial charge in [0.15, 0.2) is 0 Å². The number of nitrogens with one attached hydrogen (secondary N) is 1. The van der Waals surface area contributed by atoms with Gasteiger partial charge in [0.05, 0.1) is 6.20 Å². The molecule has 0 fully saturated rings. The summed E-state index contributed by atoms with van der Waals surface area (Å²) in [6.45, 7) is 4.40. The van der Waals surface area contributed by atoms with E-state index >= 15 is 0 Å². The average molecular weight is 258 g/mol. The molecule has 0 saturated carbocycles. The lowest BCUT2D eigenvalue weighted by molar-refractivity contribution is -0.124. The van der Waals surface area contributed by atoms with E-state index in [9.17, 15) is 4.79 Å². The topological polar surface area (TPSA) is 59.8 Å². The second-order valence-electron chi connectivity index (χ2n) is 4.58. The van der Waals surface area contributed by atoms with Crippen molar-refractivity contribution in [1.29, 1.82) is 0 Å². The van der Waals surface area contributed by atoms with Gasteiger partial charge >= 0.3 is 0 Å². The molecule has 0 bridgehead atoms. The summed E-state index contributed by atoms with van der Waals surface area (Å²) in [5, 5.41) is 7.06. The second-order valence-corrected chi connectivity index (χ2v) is 4.58. The molecule has 0 radical (unpaired) electrons. The second kappa shape index (κ2) is 6.13.